The van der Waals surface area contributed by atoms with Gasteiger partial charge in [-0.15, -0.1) is 11.3 Å². The van der Waals surface area contributed by atoms with Gasteiger partial charge >= 0.3 is 0 Å². The smallest absolute Gasteiger partial charge is 0.244 e. The molecule has 0 aliphatic heterocycles. The van der Waals surface area contributed by atoms with E-state index in [1.54, 1.807) is 13.2 Å². The Balaban J connectivity index is 2.42. The predicted octanol–water partition coefficient (Wildman–Crippen LogP) is 0.978. The van der Waals surface area contributed by atoms with Gasteiger partial charge in [-0.1, -0.05) is 0 Å². The van der Waals surface area contributed by atoms with E-state index < -0.39 is 0 Å². The van der Waals surface area contributed by atoms with Gasteiger partial charge in [0, 0.05) is 25.2 Å². The molecule has 100 valence electrons. The molecule has 2 N–H and O–H groups in total. The minimum absolute atomic E-state index is 0.0985. The number of aromatic nitrogens is 1. The Morgan fingerprint density at radius 1 is 1.72 bits per heavy atom. The molecule has 1 aromatic rings. The first kappa shape index (κ1) is 14.8. The van der Waals surface area contributed by atoms with Gasteiger partial charge in [-0.25, -0.2) is 4.98 Å². The first-order valence-corrected chi connectivity index (χ1v) is 6.54. The van der Waals surface area contributed by atoms with E-state index in [0.29, 0.717) is 13.0 Å². The summed E-state index contributed by atoms with van der Waals surface area (Å²) < 4.78 is 4.90. The number of methoxy groups -OCH3 is 1. The SMILES string of the molecule is COCCC(CO)NC(=O)/C=C/c1csc(C)n1. The summed E-state index contributed by atoms with van der Waals surface area (Å²) in [6, 6.07) is -0.278. The third-order valence-corrected chi connectivity index (χ3v) is 3.07. The van der Waals surface area contributed by atoms with E-state index in [4.69, 9.17) is 9.84 Å². The number of carbonyl (C=O) groups is 1. The van der Waals surface area contributed by atoms with Gasteiger partial charge in [0.2, 0.25) is 5.91 Å². The van der Waals surface area contributed by atoms with Crippen LogP contribution in [0.4, 0.5) is 0 Å². The number of hydrogen-bond acceptors (Lipinski definition) is 5. The van der Waals surface area contributed by atoms with Crippen LogP contribution in [0.25, 0.3) is 6.08 Å². The van der Waals surface area contributed by atoms with Crippen LogP contribution < -0.4 is 5.32 Å². The zero-order chi connectivity index (χ0) is 13.4. The first-order chi connectivity index (χ1) is 8.65. The summed E-state index contributed by atoms with van der Waals surface area (Å²) in [5, 5.41) is 14.6. The Kier molecular flexibility index (Phi) is 6.56. The van der Waals surface area contributed by atoms with Crippen molar-refractivity contribution in [3.8, 4) is 0 Å². The number of aryl methyl sites for hydroxylation is 1. The average Bonchev–Trinajstić information content (AvgIpc) is 2.78. The van der Waals surface area contributed by atoms with Crippen molar-refractivity contribution >= 4 is 23.3 Å². The standard InChI is InChI=1S/C12H18N2O3S/c1-9-13-11(8-18-9)3-4-12(16)14-10(7-15)5-6-17-2/h3-4,8,10,15H,5-7H2,1-2H3,(H,14,16)/b4-3+. The normalized spacial score (nSPS) is 12.8. The van der Waals surface area contributed by atoms with Crippen LogP contribution in [0.3, 0.4) is 0 Å². The van der Waals surface area contributed by atoms with Crippen LogP contribution in [0.15, 0.2) is 11.5 Å². The quantitative estimate of drug-likeness (QED) is 0.724. The zero-order valence-electron chi connectivity index (χ0n) is 10.5. The number of nitrogens with one attached hydrogen (secondary N) is 1. The van der Waals surface area contributed by atoms with Crippen molar-refractivity contribution in [2.75, 3.05) is 20.3 Å². The predicted molar refractivity (Wildman–Crippen MR) is 71.4 cm³/mol. The van der Waals surface area contributed by atoms with Crippen molar-refractivity contribution in [1.82, 2.24) is 10.3 Å². The Labute approximate surface area is 111 Å². The third kappa shape index (κ3) is 5.39. The molecular weight excluding hydrogens is 252 g/mol. The second kappa shape index (κ2) is 7.97. The number of amides is 1. The van der Waals surface area contributed by atoms with Gasteiger partial charge in [-0.3, -0.25) is 4.79 Å². The van der Waals surface area contributed by atoms with Gasteiger partial charge in [0.15, 0.2) is 0 Å². The molecule has 1 rings (SSSR count). The van der Waals surface area contributed by atoms with Crippen molar-refractivity contribution in [3.05, 3.63) is 22.2 Å². The minimum Gasteiger partial charge on any atom is -0.394 e. The molecule has 5 nitrogen and oxygen atoms in total. The lowest BCUT2D eigenvalue weighted by Crippen LogP contribution is -2.37. The molecule has 0 radical (unpaired) electrons. The number of carbonyl (C=O) groups excluding carboxylic acids is 1. The maximum Gasteiger partial charge on any atom is 0.244 e. The lowest BCUT2D eigenvalue weighted by molar-refractivity contribution is -0.117. The second-order valence-electron chi connectivity index (χ2n) is 3.79. The molecule has 0 aliphatic carbocycles. The minimum atomic E-state index is -0.278. The second-order valence-corrected chi connectivity index (χ2v) is 4.86. The van der Waals surface area contributed by atoms with E-state index in [2.05, 4.69) is 10.3 Å². The van der Waals surface area contributed by atoms with Crippen molar-refractivity contribution in [3.63, 3.8) is 0 Å². The lowest BCUT2D eigenvalue weighted by atomic mass is 10.2. The molecule has 0 saturated heterocycles. The van der Waals surface area contributed by atoms with E-state index in [0.717, 1.165) is 10.7 Å². The summed E-state index contributed by atoms with van der Waals surface area (Å²) in [5.41, 5.74) is 0.769. The molecule has 0 aromatic carbocycles. The van der Waals surface area contributed by atoms with Gasteiger partial charge in [0.1, 0.15) is 0 Å². The molecule has 1 aromatic heterocycles. The zero-order valence-corrected chi connectivity index (χ0v) is 11.4. The van der Waals surface area contributed by atoms with Crippen LogP contribution in [-0.2, 0) is 9.53 Å². The van der Waals surface area contributed by atoms with Crippen LogP contribution in [0.5, 0.6) is 0 Å². The molecule has 6 heteroatoms. The highest BCUT2D eigenvalue weighted by atomic mass is 32.1. The molecule has 1 amide bonds. The van der Waals surface area contributed by atoms with Gasteiger partial charge < -0.3 is 15.2 Å². The summed E-state index contributed by atoms with van der Waals surface area (Å²) in [4.78, 5) is 15.8. The number of ether oxygens (including phenoxy) is 1. The fourth-order valence-corrected chi connectivity index (χ4v) is 1.92. The monoisotopic (exact) mass is 270 g/mol. The van der Waals surface area contributed by atoms with Gasteiger partial charge in [-0.2, -0.15) is 0 Å². The molecular formula is C12H18N2O3S. The summed E-state index contributed by atoms with van der Waals surface area (Å²) in [6.07, 6.45) is 3.66. The third-order valence-electron chi connectivity index (χ3n) is 2.28. The summed E-state index contributed by atoms with van der Waals surface area (Å²) in [5.74, 6) is -0.240. The summed E-state index contributed by atoms with van der Waals surface area (Å²) in [7, 11) is 1.58. The Hall–Kier alpha value is -1.24. The Morgan fingerprint density at radius 3 is 3.06 bits per heavy atom. The highest BCUT2D eigenvalue weighted by Gasteiger charge is 2.08. The Bertz CT molecular complexity index is 404. The van der Waals surface area contributed by atoms with Gasteiger partial charge in [0.25, 0.3) is 0 Å². The highest BCUT2D eigenvalue weighted by Crippen LogP contribution is 2.08. The maximum atomic E-state index is 11.6. The van der Waals surface area contributed by atoms with Crippen molar-refractivity contribution in [1.29, 1.82) is 0 Å². The number of aliphatic hydroxyl groups excluding tert-OH is 1. The molecule has 1 atom stereocenters. The number of aliphatic hydroxyl groups is 1. The molecule has 0 fully saturated rings. The molecule has 0 saturated carbocycles. The average molecular weight is 270 g/mol. The first-order valence-electron chi connectivity index (χ1n) is 5.66. The summed E-state index contributed by atoms with van der Waals surface area (Å²) >= 11 is 1.53. The van der Waals surface area contributed by atoms with E-state index in [1.165, 1.54) is 17.4 Å². The Morgan fingerprint density at radius 2 is 2.50 bits per heavy atom. The fourth-order valence-electron chi connectivity index (χ4n) is 1.34. The summed E-state index contributed by atoms with van der Waals surface area (Å²) in [6.45, 7) is 2.31. The fraction of sp³-hybridized carbons (Fsp3) is 0.500. The van der Waals surface area contributed by atoms with E-state index >= 15 is 0 Å². The van der Waals surface area contributed by atoms with Crippen LogP contribution in [0, 0.1) is 6.92 Å². The maximum absolute atomic E-state index is 11.6. The van der Waals surface area contributed by atoms with Crippen LogP contribution in [0.2, 0.25) is 0 Å². The number of nitrogens with zero attached hydrogens (tertiary/aromatic N) is 1. The van der Waals surface area contributed by atoms with Crippen LogP contribution in [0.1, 0.15) is 17.1 Å². The van der Waals surface area contributed by atoms with E-state index in [1.807, 2.05) is 12.3 Å². The highest BCUT2D eigenvalue weighted by molar-refractivity contribution is 7.09. The van der Waals surface area contributed by atoms with Gasteiger partial charge in [-0.05, 0) is 19.4 Å². The van der Waals surface area contributed by atoms with E-state index in [-0.39, 0.29) is 18.6 Å². The molecule has 1 heterocycles. The number of thiazole rings is 1. The van der Waals surface area contributed by atoms with Crippen molar-refractivity contribution < 1.29 is 14.6 Å². The molecule has 1 unspecified atom stereocenters. The molecule has 0 spiro atoms. The number of rotatable bonds is 7. The lowest BCUT2D eigenvalue weighted by Gasteiger charge is -2.14. The van der Waals surface area contributed by atoms with Crippen molar-refractivity contribution in [2.24, 2.45) is 0 Å². The molecule has 0 aliphatic rings. The largest absolute Gasteiger partial charge is 0.394 e. The molecule has 0 bridgehead atoms. The molecule has 18 heavy (non-hydrogen) atoms. The van der Waals surface area contributed by atoms with Crippen molar-refractivity contribution in [2.45, 2.75) is 19.4 Å². The van der Waals surface area contributed by atoms with Crippen LogP contribution in [-0.4, -0.2) is 42.4 Å². The topological polar surface area (TPSA) is 71.5 Å². The van der Waals surface area contributed by atoms with E-state index in [9.17, 15) is 4.79 Å². The van der Waals surface area contributed by atoms with Gasteiger partial charge in [0.05, 0.1) is 23.4 Å². The van der Waals surface area contributed by atoms with Crippen LogP contribution >= 0.6 is 11.3 Å². The number of hydrogen-bond donors (Lipinski definition) is 2.